The second kappa shape index (κ2) is 15.0. The van der Waals surface area contributed by atoms with Crippen LogP contribution < -0.4 is 24.3 Å². The van der Waals surface area contributed by atoms with Gasteiger partial charge in [0.1, 0.15) is 36.3 Å². The molecule has 0 spiro atoms. The molecular weight excluding hydrogens is 610 g/mol. The lowest BCUT2D eigenvalue weighted by molar-refractivity contribution is -0.140. The maximum atomic E-state index is 11.7. The molecule has 0 unspecified atom stereocenters. The van der Waals surface area contributed by atoms with Crippen LogP contribution in [0, 0.1) is 11.3 Å². The third-order valence-electron chi connectivity index (χ3n) is 7.87. The molecule has 11 heteroatoms. The number of carboxylic acid groups (broad SMARTS) is 1. The Morgan fingerprint density at radius 2 is 1.91 bits per heavy atom. The Bertz CT molecular complexity index is 1760. The van der Waals surface area contributed by atoms with Gasteiger partial charge < -0.3 is 34.5 Å². The van der Waals surface area contributed by atoms with Crippen LogP contribution in [0.1, 0.15) is 46.8 Å². The highest BCUT2D eigenvalue weighted by Crippen LogP contribution is 2.44. The van der Waals surface area contributed by atoms with Gasteiger partial charge in [-0.25, -0.2) is 0 Å². The van der Waals surface area contributed by atoms with Crippen LogP contribution in [0.15, 0.2) is 67.0 Å². The molecule has 1 aromatic heterocycles. The second-order valence-electron chi connectivity index (χ2n) is 10.7. The Morgan fingerprint density at radius 1 is 1.09 bits per heavy atom. The fourth-order valence-electron chi connectivity index (χ4n) is 5.57. The number of aliphatic hydroxyl groups is 1. The van der Waals surface area contributed by atoms with Gasteiger partial charge in [0.25, 0.3) is 0 Å². The molecule has 0 amide bonds. The first kappa shape index (κ1) is 32.6. The van der Waals surface area contributed by atoms with Crippen molar-refractivity contribution in [2.45, 2.75) is 44.6 Å². The van der Waals surface area contributed by atoms with Crippen LogP contribution >= 0.6 is 11.6 Å². The predicted molar refractivity (Wildman–Crippen MR) is 171 cm³/mol. The van der Waals surface area contributed by atoms with Crippen molar-refractivity contribution in [2.24, 2.45) is 0 Å². The Labute approximate surface area is 272 Å². The van der Waals surface area contributed by atoms with E-state index in [1.54, 1.807) is 38.6 Å². The summed E-state index contributed by atoms with van der Waals surface area (Å²) in [6.45, 7) is -0.0556. The number of pyridine rings is 1. The Kier molecular flexibility index (Phi) is 10.6. The third kappa shape index (κ3) is 7.35. The number of aliphatic hydroxyl groups excluding tert-OH is 1. The van der Waals surface area contributed by atoms with E-state index in [0.717, 1.165) is 29.5 Å². The Morgan fingerprint density at radius 3 is 2.65 bits per heavy atom. The fourth-order valence-corrected chi connectivity index (χ4v) is 5.80. The van der Waals surface area contributed by atoms with Crippen molar-refractivity contribution in [3.05, 3.63) is 99.8 Å². The summed E-state index contributed by atoms with van der Waals surface area (Å²) in [6, 6.07) is 18.2. The summed E-state index contributed by atoms with van der Waals surface area (Å²) < 4.78 is 23.6. The van der Waals surface area contributed by atoms with Crippen molar-refractivity contribution in [2.75, 3.05) is 20.8 Å². The lowest BCUT2D eigenvalue weighted by Crippen LogP contribution is -2.37. The number of rotatable bonds is 14. The van der Waals surface area contributed by atoms with Gasteiger partial charge in [0.2, 0.25) is 0 Å². The van der Waals surface area contributed by atoms with Gasteiger partial charge >= 0.3 is 5.97 Å². The van der Waals surface area contributed by atoms with Crippen molar-refractivity contribution in [3.8, 4) is 40.2 Å². The van der Waals surface area contributed by atoms with Crippen LogP contribution in [-0.4, -0.2) is 48.0 Å². The topological polar surface area (TPSA) is 143 Å². The Hall–Kier alpha value is -4.82. The zero-order valence-corrected chi connectivity index (χ0v) is 26.2. The van der Waals surface area contributed by atoms with E-state index < -0.39 is 12.0 Å². The van der Waals surface area contributed by atoms with E-state index in [2.05, 4.69) is 28.5 Å². The van der Waals surface area contributed by atoms with E-state index >= 15 is 0 Å². The van der Waals surface area contributed by atoms with Gasteiger partial charge in [0.15, 0.2) is 11.5 Å². The molecule has 5 rings (SSSR count). The monoisotopic (exact) mass is 643 g/mol. The number of fused-ring (bicyclic) bond motifs is 1. The maximum absolute atomic E-state index is 11.7. The highest BCUT2D eigenvalue weighted by atomic mass is 35.5. The number of benzene rings is 3. The molecule has 0 saturated carbocycles. The number of hydrogen-bond acceptors (Lipinski definition) is 9. The van der Waals surface area contributed by atoms with Crippen LogP contribution in [0.3, 0.4) is 0 Å². The van der Waals surface area contributed by atoms with E-state index in [9.17, 15) is 20.3 Å². The summed E-state index contributed by atoms with van der Waals surface area (Å²) in [5.41, 5.74) is 6.04. The molecule has 238 valence electrons. The van der Waals surface area contributed by atoms with E-state index in [1.807, 2.05) is 24.3 Å². The molecule has 0 aliphatic heterocycles. The summed E-state index contributed by atoms with van der Waals surface area (Å²) in [5, 5.41) is 31.4. The average molecular weight is 644 g/mol. The molecular formula is C35H34ClN3O7. The first-order chi connectivity index (χ1) is 22.3. The van der Waals surface area contributed by atoms with Crippen LogP contribution in [-0.2, 0) is 24.4 Å². The number of aliphatic carboxylic acids is 1. The number of nitrogens with zero attached hydrogens (tertiary/aromatic N) is 2. The number of nitriles is 1. The standard InChI is InChI=1S/C35H34ClN3O7/c1-43-31-8-6-23(14-34(31)44-2)25-4-3-5-27-26(25)7-9-30(27)46-33-15-32(45-20-22-12-21(16-37)17-38-18-22)24(13-28(33)36)19-39-29(10-11-40)35(41)42/h3-6,8,12-15,17-18,29-30,39-40H,7,9-11,19-20H2,1-2H3,(H,41,42)/t29-,30-/m0/s1. The first-order valence-electron chi connectivity index (χ1n) is 14.7. The minimum absolute atomic E-state index is 0.0411. The molecule has 2 atom stereocenters. The van der Waals surface area contributed by atoms with E-state index in [-0.39, 0.29) is 32.3 Å². The zero-order chi connectivity index (χ0) is 32.6. The van der Waals surface area contributed by atoms with Crippen molar-refractivity contribution in [1.29, 1.82) is 5.26 Å². The van der Waals surface area contributed by atoms with Crippen molar-refractivity contribution in [1.82, 2.24) is 10.3 Å². The lowest BCUT2D eigenvalue weighted by atomic mass is 9.96. The largest absolute Gasteiger partial charge is 0.493 e. The SMILES string of the molecule is COc1ccc(-c2cccc3c2CC[C@@H]3Oc2cc(OCc3cncc(C#N)c3)c(CN[C@@H](CCO)C(=O)O)cc2Cl)cc1OC. The second-order valence-corrected chi connectivity index (χ2v) is 11.2. The number of methoxy groups -OCH3 is 2. The predicted octanol–water partition coefficient (Wildman–Crippen LogP) is 5.86. The molecule has 3 aromatic carbocycles. The number of hydrogen-bond donors (Lipinski definition) is 3. The van der Waals surface area contributed by atoms with Gasteiger partial charge in [-0.05, 0) is 65.8 Å². The van der Waals surface area contributed by atoms with Gasteiger partial charge in [0, 0.05) is 42.7 Å². The highest BCUT2D eigenvalue weighted by Gasteiger charge is 2.28. The smallest absolute Gasteiger partial charge is 0.320 e. The van der Waals surface area contributed by atoms with Gasteiger partial charge in [-0.3, -0.25) is 9.78 Å². The molecule has 0 saturated heterocycles. The van der Waals surface area contributed by atoms with Gasteiger partial charge in [-0.1, -0.05) is 35.9 Å². The van der Waals surface area contributed by atoms with Crippen LogP contribution in [0.5, 0.6) is 23.0 Å². The van der Waals surface area contributed by atoms with E-state index in [4.69, 9.17) is 30.5 Å². The quantitative estimate of drug-likeness (QED) is 0.153. The lowest BCUT2D eigenvalue weighted by Gasteiger charge is -2.20. The Balaban J connectivity index is 1.43. The van der Waals surface area contributed by atoms with E-state index in [1.165, 1.54) is 11.8 Å². The minimum atomic E-state index is -1.07. The summed E-state index contributed by atoms with van der Waals surface area (Å²) in [4.78, 5) is 15.8. The average Bonchev–Trinajstić information content (AvgIpc) is 3.49. The molecule has 4 aromatic rings. The molecule has 1 heterocycles. The van der Waals surface area contributed by atoms with Crippen LogP contribution in [0.4, 0.5) is 0 Å². The van der Waals surface area contributed by atoms with Crippen molar-refractivity contribution in [3.63, 3.8) is 0 Å². The van der Waals surface area contributed by atoms with Gasteiger partial charge in [-0.15, -0.1) is 0 Å². The van der Waals surface area contributed by atoms with Gasteiger partial charge in [-0.2, -0.15) is 5.26 Å². The molecule has 1 aliphatic carbocycles. The number of carboxylic acids is 1. The molecule has 3 N–H and O–H groups in total. The van der Waals surface area contributed by atoms with Crippen molar-refractivity contribution >= 4 is 17.6 Å². The number of carbonyl (C=O) groups is 1. The highest BCUT2D eigenvalue weighted by molar-refractivity contribution is 6.32. The van der Waals surface area contributed by atoms with Crippen LogP contribution in [0.2, 0.25) is 5.02 Å². The van der Waals surface area contributed by atoms with Crippen molar-refractivity contribution < 1.29 is 34.0 Å². The summed E-state index contributed by atoms with van der Waals surface area (Å²) in [6.07, 6.45) is 4.40. The van der Waals surface area contributed by atoms with Gasteiger partial charge in [0.05, 0.1) is 24.8 Å². The number of ether oxygens (including phenoxy) is 4. The first-order valence-corrected chi connectivity index (χ1v) is 15.1. The number of aromatic nitrogens is 1. The third-order valence-corrected chi connectivity index (χ3v) is 8.16. The van der Waals surface area contributed by atoms with E-state index in [0.29, 0.717) is 44.7 Å². The normalized spacial score (nSPS) is 14.2. The number of halogens is 1. The fraction of sp³-hybridized carbons (Fsp3) is 0.286. The summed E-state index contributed by atoms with van der Waals surface area (Å²) >= 11 is 6.76. The zero-order valence-electron chi connectivity index (χ0n) is 25.5. The van der Waals surface area contributed by atoms with Crippen LogP contribution in [0.25, 0.3) is 11.1 Å². The minimum Gasteiger partial charge on any atom is -0.493 e. The molecule has 0 bridgehead atoms. The molecule has 0 radical (unpaired) electrons. The molecule has 10 nitrogen and oxygen atoms in total. The maximum Gasteiger partial charge on any atom is 0.320 e. The molecule has 0 fully saturated rings. The number of nitrogens with one attached hydrogen (secondary N) is 1. The molecule has 1 aliphatic rings. The summed E-state index contributed by atoms with van der Waals surface area (Å²) in [7, 11) is 3.22. The summed E-state index contributed by atoms with van der Waals surface area (Å²) in [5.74, 6) is 1.09. The molecule has 46 heavy (non-hydrogen) atoms.